The van der Waals surface area contributed by atoms with E-state index in [0.717, 1.165) is 0 Å². The molecular formula is C10H18BN3O3. The average molecular weight is 245 g/mol. The topological polar surface area (TPSA) is 58.4 Å². The Labute approximate surface area is 110 Å². The zero-order chi connectivity index (χ0) is 17.8. The van der Waals surface area contributed by atoms with Crippen LogP contribution in [0.25, 0.3) is 0 Å². The second-order valence-corrected chi connectivity index (χ2v) is 4.88. The Morgan fingerprint density at radius 2 is 1.94 bits per heavy atom. The second-order valence-electron chi connectivity index (χ2n) is 4.88. The van der Waals surface area contributed by atoms with Gasteiger partial charge in [-0.25, -0.2) is 4.68 Å². The Kier molecular flexibility index (Phi) is 1.47. The SMILES string of the molecule is [2H]C([2H])([2H])Oc1c(B2OC(C)(C)C(C)(C)O2)nnn1C([2H])([2H])[2H]. The molecule has 0 bridgehead atoms. The molecule has 0 aliphatic carbocycles. The van der Waals surface area contributed by atoms with Gasteiger partial charge in [0.2, 0.25) is 5.88 Å². The fourth-order valence-electron chi connectivity index (χ4n) is 1.48. The normalized spacial score (nSPS) is 28.6. The first-order chi connectivity index (χ1) is 10.1. The van der Waals surface area contributed by atoms with Gasteiger partial charge in [-0.05, 0) is 27.7 Å². The zero-order valence-corrected chi connectivity index (χ0v) is 10.1. The van der Waals surface area contributed by atoms with Crippen molar-refractivity contribution in [1.82, 2.24) is 15.0 Å². The van der Waals surface area contributed by atoms with Crippen LogP contribution in [-0.4, -0.2) is 40.4 Å². The molecule has 1 aliphatic heterocycles. The van der Waals surface area contributed by atoms with Gasteiger partial charge in [-0.15, -0.1) is 5.10 Å². The van der Waals surface area contributed by atoms with Gasteiger partial charge in [0.15, 0.2) is 5.59 Å². The summed E-state index contributed by atoms with van der Waals surface area (Å²) >= 11 is 0. The highest BCUT2D eigenvalue weighted by Crippen LogP contribution is 2.36. The van der Waals surface area contributed by atoms with Crippen molar-refractivity contribution >= 4 is 12.7 Å². The number of ether oxygens (including phenoxy) is 1. The van der Waals surface area contributed by atoms with Gasteiger partial charge in [-0.3, -0.25) is 0 Å². The van der Waals surface area contributed by atoms with Crippen molar-refractivity contribution in [2.45, 2.75) is 38.9 Å². The summed E-state index contributed by atoms with van der Waals surface area (Å²) in [5, 5.41) is 7.19. The number of hydrogen-bond acceptors (Lipinski definition) is 5. The van der Waals surface area contributed by atoms with Crippen molar-refractivity contribution in [2.24, 2.45) is 6.98 Å². The molecule has 1 fully saturated rings. The first-order valence-electron chi connectivity index (χ1n) is 8.15. The van der Waals surface area contributed by atoms with Gasteiger partial charge < -0.3 is 14.0 Å². The van der Waals surface area contributed by atoms with E-state index >= 15 is 0 Å². The van der Waals surface area contributed by atoms with Gasteiger partial charge in [-0.1, -0.05) is 5.21 Å². The molecule has 1 aromatic rings. The maximum absolute atomic E-state index is 7.41. The molecular weight excluding hydrogens is 221 g/mol. The van der Waals surface area contributed by atoms with Crippen molar-refractivity contribution < 1.29 is 22.3 Å². The minimum absolute atomic E-state index is 0.129. The highest BCUT2D eigenvalue weighted by molar-refractivity contribution is 6.62. The fraction of sp³-hybridized carbons (Fsp3) is 0.800. The third-order valence-corrected chi connectivity index (χ3v) is 3.23. The number of aromatic nitrogens is 3. The predicted molar refractivity (Wildman–Crippen MR) is 63.3 cm³/mol. The van der Waals surface area contributed by atoms with E-state index in [9.17, 15) is 0 Å². The van der Waals surface area contributed by atoms with E-state index in [1.54, 1.807) is 27.7 Å². The molecule has 0 unspecified atom stereocenters. The Morgan fingerprint density at radius 3 is 2.47 bits per heavy atom. The highest BCUT2D eigenvalue weighted by atomic mass is 16.7. The lowest BCUT2D eigenvalue weighted by Crippen LogP contribution is -2.41. The van der Waals surface area contributed by atoms with Crippen LogP contribution in [0.2, 0.25) is 0 Å². The Hall–Kier alpha value is -1.08. The van der Waals surface area contributed by atoms with E-state index < -0.39 is 38.2 Å². The summed E-state index contributed by atoms with van der Waals surface area (Å²) in [5.74, 6) is -0.525. The molecule has 1 aromatic heterocycles. The van der Waals surface area contributed by atoms with E-state index in [1.165, 1.54) is 0 Å². The van der Waals surface area contributed by atoms with Crippen LogP contribution in [0.4, 0.5) is 0 Å². The van der Waals surface area contributed by atoms with E-state index in [4.69, 9.17) is 22.3 Å². The molecule has 1 aliphatic rings. The summed E-state index contributed by atoms with van der Waals surface area (Å²) < 4.78 is 60.6. The first-order valence-corrected chi connectivity index (χ1v) is 5.15. The van der Waals surface area contributed by atoms with Gasteiger partial charge >= 0.3 is 7.12 Å². The molecule has 0 saturated carbocycles. The number of rotatable bonds is 2. The van der Waals surface area contributed by atoms with Gasteiger partial charge in [-0.2, -0.15) is 0 Å². The van der Waals surface area contributed by atoms with Crippen molar-refractivity contribution in [3.63, 3.8) is 0 Å². The zero-order valence-electron chi connectivity index (χ0n) is 16.1. The highest BCUT2D eigenvalue weighted by Gasteiger charge is 2.54. The number of aryl methyl sites for hydroxylation is 1. The minimum Gasteiger partial charge on any atom is -0.480 e. The standard InChI is InChI=1S/C10H18BN3O3/c1-9(2)10(3,4)17-11(16-9)7-8(15-6)14(5)13-12-7/h1-6H3/i5D3,6D3. The van der Waals surface area contributed by atoms with Gasteiger partial charge in [0.05, 0.1) is 22.4 Å². The Balaban J connectivity index is 2.46. The summed E-state index contributed by atoms with van der Waals surface area (Å²) in [5.41, 5.74) is -1.55. The molecule has 0 spiro atoms. The molecule has 0 amide bonds. The van der Waals surface area contributed by atoms with Crippen LogP contribution in [0.15, 0.2) is 0 Å². The van der Waals surface area contributed by atoms with Gasteiger partial charge in [0.1, 0.15) is 0 Å². The van der Waals surface area contributed by atoms with Crippen molar-refractivity contribution in [2.75, 3.05) is 7.04 Å². The van der Waals surface area contributed by atoms with E-state index in [-0.39, 0.29) is 5.59 Å². The molecule has 0 atom stereocenters. The van der Waals surface area contributed by atoms with Crippen LogP contribution in [0, 0.1) is 0 Å². The van der Waals surface area contributed by atoms with Crippen LogP contribution < -0.4 is 10.3 Å². The maximum atomic E-state index is 7.41. The molecule has 0 N–H and O–H groups in total. The summed E-state index contributed by atoms with van der Waals surface area (Å²) in [6.45, 7) is 4.43. The summed E-state index contributed by atoms with van der Waals surface area (Å²) in [6.07, 6.45) is 0. The van der Waals surface area contributed by atoms with E-state index in [2.05, 4.69) is 10.3 Å². The summed E-state index contributed by atoms with van der Waals surface area (Å²) in [4.78, 5) is 0. The minimum atomic E-state index is -2.87. The quantitative estimate of drug-likeness (QED) is 0.693. The molecule has 0 radical (unpaired) electrons. The number of methoxy groups -OCH3 is 1. The average Bonchev–Trinajstić information content (AvgIpc) is 2.75. The number of hydrogen-bond donors (Lipinski definition) is 0. The lowest BCUT2D eigenvalue weighted by molar-refractivity contribution is 0.00578. The molecule has 1 saturated heterocycles. The van der Waals surface area contributed by atoms with Crippen LogP contribution in [0.1, 0.15) is 35.9 Å². The first kappa shape index (κ1) is 6.75. The lowest BCUT2D eigenvalue weighted by atomic mass is 9.85. The van der Waals surface area contributed by atoms with E-state index in [0.29, 0.717) is 4.68 Å². The molecule has 0 aromatic carbocycles. The van der Waals surface area contributed by atoms with Crippen LogP contribution in [0.3, 0.4) is 0 Å². The van der Waals surface area contributed by atoms with Crippen molar-refractivity contribution in [3.8, 4) is 5.88 Å². The Bertz CT molecular complexity index is 582. The van der Waals surface area contributed by atoms with Crippen molar-refractivity contribution in [3.05, 3.63) is 0 Å². The maximum Gasteiger partial charge on any atom is 0.522 e. The Morgan fingerprint density at radius 1 is 1.29 bits per heavy atom. The molecule has 94 valence electrons. The lowest BCUT2D eigenvalue weighted by Gasteiger charge is -2.32. The smallest absolute Gasteiger partial charge is 0.480 e. The van der Waals surface area contributed by atoms with E-state index in [1.807, 2.05) is 0 Å². The summed E-state index contributed by atoms with van der Waals surface area (Å²) in [6, 6.07) is 0. The summed E-state index contributed by atoms with van der Waals surface area (Å²) in [7, 11) is -3.96. The number of nitrogens with zero attached hydrogens (tertiary/aromatic N) is 3. The largest absolute Gasteiger partial charge is 0.522 e. The predicted octanol–water partition coefficient (Wildman–Crippen LogP) is 0.123. The monoisotopic (exact) mass is 245 g/mol. The second kappa shape index (κ2) is 3.71. The molecule has 7 heteroatoms. The molecule has 6 nitrogen and oxygen atoms in total. The van der Waals surface area contributed by atoms with Gasteiger partial charge in [0.25, 0.3) is 0 Å². The van der Waals surface area contributed by atoms with Crippen LogP contribution >= 0.6 is 0 Å². The van der Waals surface area contributed by atoms with Crippen molar-refractivity contribution in [1.29, 1.82) is 0 Å². The van der Waals surface area contributed by atoms with Crippen LogP contribution in [0.5, 0.6) is 5.88 Å². The third-order valence-electron chi connectivity index (χ3n) is 3.23. The fourth-order valence-corrected chi connectivity index (χ4v) is 1.48. The molecule has 2 rings (SSSR count). The molecule has 17 heavy (non-hydrogen) atoms. The van der Waals surface area contributed by atoms with Crippen LogP contribution in [-0.2, 0) is 16.3 Å². The molecule has 2 heterocycles. The third kappa shape index (κ3) is 1.83. The van der Waals surface area contributed by atoms with Gasteiger partial charge in [0, 0.05) is 11.1 Å².